The Morgan fingerprint density at radius 3 is 2.55 bits per heavy atom. The van der Waals surface area contributed by atoms with Gasteiger partial charge in [0.15, 0.2) is 11.5 Å². The fourth-order valence-electron chi connectivity index (χ4n) is 4.99. The predicted molar refractivity (Wildman–Crippen MR) is 156 cm³/mol. The van der Waals surface area contributed by atoms with Gasteiger partial charge in [0.2, 0.25) is 0 Å². The summed E-state index contributed by atoms with van der Waals surface area (Å²) >= 11 is 6.29. The summed E-state index contributed by atoms with van der Waals surface area (Å²) in [6, 6.07) is 18.3. The van der Waals surface area contributed by atoms with Gasteiger partial charge in [0.25, 0.3) is 5.91 Å². The Bertz CT molecular complexity index is 1510. The molecular weight excluding hydrogens is 526 g/mol. The number of amides is 1. The van der Waals surface area contributed by atoms with E-state index >= 15 is 0 Å². The zero-order valence-electron chi connectivity index (χ0n) is 23.2. The topological polar surface area (TPSA) is 87.7 Å². The normalized spacial score (nSPS) is 14.6. The van der Waals surface area contributed by atoms with Crippen LogP contribution in [-0.2, 0) is 6.54 Å². The molecule has 0 fully saturated rings. The van der Waals surface area contributed by atoms with Gasteiger partial charge in [-0.05, 0) is 67.6 Å². The molecule has 1 aliphatic heterocycles. The smallest absolute Gasteiger partial charge is 0.273 e. The van der Waals surface area contributed by atoms with Crippen molar-refractivity contribution in [2.75, 3.05) is 13.2 Å². The molecule has 1 atom stereocenters. The van der Waals surface area contributed by atoms with Crippen LogP contribution in [0, 0.1) is 12.8 Å². The van der Waals surface area contributed by atoms with Gasteiger partial charge in [-0.25, -0.2) is 0 Å². The number of H-pyrrole nitrogens is 1. The van der Waals surface area contributed by atoms with Gasteiger partial charge in [-0.15, -0.1) is 0 Å². The molecule has 0 spiro atoms. The second kappa shape index (κ2) is 11.6. The molecule has 4 aromatic rings. The van der Waals surface area contributed by atoms with Gasteiger partial charge in [-0.3, -0.25) is 9.89 Å². The average Bonchev–Trinajstić information content (AvgIpc) is 3.46. The Morgan fingerprint density at radius 1 is 1.05 bits per heavy atom. The van der Waals surface area contributed by atoms with Crippen molar-refractivity contribution < 1.29 is 19.4 Å². The Balaban J connectivity index is 1.62. The molecule has 1 unspecified atom stereocenters. The van der Waals surface area contributed by atoms with Gasteiger partial charge < -0.3 is 19.5 Å². The van der Waals surface area contributed by atoms with Crippen molar-refractivity contribution in [3.05, 3.63) is 93.6 Å². The first-order valence-electron chi connectivity index (χ1n) is 13.6. The fraction of sp³-hybridized carbons (Fsp3) is 0.312. The van der Waals surface area contributed by atoms with E-state index in [0.717, 1.165) is 23.1 Å². The minimum Gasteiger partial charge on any atom is -0.507 e. The summed E-state index contributed by atoms with van der Waals surface area (Å²) in [4.78, 5) is 15.7. The zero-order valence-corrected chi connectivity index (χ0v) is 24.0. The molecule has 40 heavy (non-hydrogen) atoms. The Kier molecular flexibility index (Phi) is 8.03. The van der Waals surface area contributed by atoms with E-state index in [1.807, 2.05) is 61.2 Å². The number of nitrogens with zero attached hydrogens (tertiary/aromatic N) is 2. The summed E-state index contributed by atoms with van der Waals surface area (Å²) in [5.74, 6) is 1.67. The number of aromatic amines is 1. The lowest BCUT2D eigenvalue weighted by molar-refractivity contribution is 0.0729. The van der Waals surface area contributed by atoms with Crippen LogP contribution in [-0.4, -0.2) is 39.3 Å². The molecule has 2 N–H and O–H groups in total. The average molecular weight is 560 g/mol. The minimum absolute atomic E-state index is 0.0331. The van der Waals surface area contributed by atoms with Crippen molar-refractivity contribution in [2.45, 2.75) is 46.7 Å². The van der Waals surface area contributed by atoms with Gasteiger partial charge in [0, 0.05) is 22.7 Å². The lowest BCUT2D eigenvalue weighted by Gasteiger charge is -2.27. The van der Waals surface area contributed by atoms with Gasteiger partial charge in [0.05, 0.1) is 19.3 Å². The number of fused-ring (bicyclic) bond motifs is 1. The molecule has 1 aromatic heterocycles. The maximum atomic E-state index is 13.8. The van der Waals surface area contributed by atoms with E-state index in [4.69, 9.17) is 21.1 Å². The first kappa shape index (κ1) is 27.6. The molecular formula is C32H34ClN3O4. The van der Waals surface area contributed by atoms with E-state index in [2.05, 4.69) is 24.0 Å². The highest BCUT2D eigenvalue weighted by Crippen LogP contribution is 2.47. The third-order valence-electron chi connectivity index (χ3n) is 7.09. The summed E-state index contributed by atoms with van der Waals surface area (Å²) in [5.41, 5.74) is 5.02. The molecule has 2 heterocycles. The van der Waals surface area contributed by atoms with Crippen molar-refractivity contribution in [1.29, 1.82) is 0 Å². The Morgan fingerprint density at radius 2 is 1.82 bits per heavy atom. The lowest BCUT2D eigenvalue weighted by Crippen LogP contribution is -2.29. The second-order valence-electron chi connectivity index (χ2n) is 10.5. The van der Waals surface area contributed by atoms with E-state index in [1.165, 1.54) is 6.07 Å². The van der Waals surface area contributed by atoms with Crippen LogP contribution in [0.4, 0.5) is 0 Å². The summed E-state index contributed by atoms with van der Waals surface area (Å²) < 4.78 is 12.1. The molecule has 7 nitrogen and oxygen atoms in total. The van der Waals surface area contributed by atoms with E-state index in [9.17, 15) is 9.90 Å². The number of benzene rings is 3. The standard InChI is InChI=1S/C32H34ClN3O4/c1-5-39-27-16-22(10-13-26(27)40-15-14-19(2)3)31-28-29(24-17-23(33)11-12-25(24)37)34-35-30(28)32(38)36(31)18-21-8-6-20(4)7-9-21/h6-13,16-17,19,31,37H,5,14-15,18H2,1-4H3,(H,34,35). The number of carbonyl (C=O) groups is 1. The van der Waals surface area contributed by atoms with Crippen molar-refractivity contribution in [1.82, 2.24) is 15.1 Å². The van der Waals surface area contributed by atoms with Crippen molar-refractivity contribution in [3.63, 3.8) is 0 Å². The number of aromatic nitrogens is 2. The number of phenolic OH excluding ortho intramolecular Hbond substituents is 1. The maximum absolute atomic E-state index is 13.8. The summed E-state index contributed by atoms with van der Waals surface area (Å²) in [5, 5.41) is 18.6. The number of hydrogen-bond acceptors (Lipinski definition) is 5. The molecule has 0 aliphatic carbocycles. The molecule has 0 bridgehead atoms. The maximum Gasteiger partial charge on any atom is 0.273 e. The van der Waals surface area contributed by atoms with Crippen molar-refractivity contribution in [3.8, 4) is 28.5 Å². The van der Waals surface area contributed by atoms with Crippen LogP contribution in [0.1, 0.15) is 66.0 Å². The number of phenols is 1. The van der Waals surface area contributed by atoms with Crippen LogP contribution in [0.15, 0.2) is 60.7 Å². The number of halogens is 1. The molecule has 208 valence electrons. The van der Waals surface area contributed by atoms with Crippen LogP contribution in [0.5, 0.6) is 17.2 Å². The van der Waals surface area contributed by atoms with E-state index in [-0.39, 0.29) is 11.7 Å². The molecule has 8 heteroatoms. The Hall–Kier alpha value is -3.97. The second-order valence-corrected chi connectivity index (χ2v) is 11.0. The molecule has 1 amide bonds. The lowest BCUT2D eigenvalue weighted by atomic mass is 9.95. The van der Waals surface area contributed by atoms with Crippen LogP contribution < -0.4 is 9.47 Å². The number of aromatic hydroxyl groups is 1. The monoisotopic (exact) mass is 559 g/mol. The van der Waals surface area contributed by atoms with Gasteiger partial charge in [-0.1, -0.05) is 61.3 Å². The van der Waals surface area contributed by atoms with Gasteiger partial charge >= 0.3 is 0 Å². The minimum atomic E-state index is -0.486. The predicted octanol–water partition coefficient (Wildman–Crippen LogP) is 7.31. The molecule has 3 aromatic carbocycles. The number of ether oxygens (including phenoxy) is 2. The number of aryl methyl sites for hydroxylation is 1. The van der Waals surface area contributed by atoms with E-state index in [0.29, 0.717) is 64.7 Å². The zero-order chi connectivity index (χ0) is 28.4. The van der Waals surface area contributed by atoms with Crippen LogP contribution >= 0.6 is 11.6 Å². The molecule has 0 saturated heterocycles. The number of hydrogen-bond donors (Lipinski definition) is 2. The van der Waals surface area contributed by atoms with Crippen molar-refractivity contribution >= 4 is 17.5 Å². The summed E-state index contributed by atoms with van der Waals surface area (Å²) in [6.07, 6.45) is 0.930. The van der Waals surface area contributed by atoms with Gasteiger partial charge in [0.1, 0.15) is 17.1 Å². The highest BCUT2D eigenvalue weighted by molar-refractivity contribution is 6.31. The number of nitrogens with one attached hydrogen (secondary N) is 1. The third-order valence-corrected chi connectivity index (χ3v) is 7.32. The molecule has 5 rings (SSSR count). The van der Waals surface area contributed by atoms with E-state index < -0.39 is 6.04 Å². The van der Waals surface area contributed by atoms with Crippen LogP contribution in [0.2, 0.25) is 5.02 Å². The van der Waals surface area contributed by atoms with Gasteiger partial charge in [-0.2, -0.15) is 5.10 Å². The molecule has 0 radical (unpaired) electrons. The Labute approximate surface area is 239 Å². The molecule has 0 saturated carbocycles. The largest absolute Gasteiger partial charge is 0.507 e. The third kappa shape index (κ3) is 5.52. The van der Waals surface area contributed by atoms with Crippen molar-refractivity contribution in [2.24, 2.45) is 5.92 Å². The first-order valence-corrected chi connectivity index (χ1v) is 14.0. The SMILES string of the molecule is CCOc1cc(C2c3c(-c4cc(Cl)ccc4O)n[nH]c3C(=O)N2Cc2ccc(C)cc2)ccc1OCCC(C)C. The quantitative estimate of drug-likeness (QED) is 0.213. The first-order chi connectivity index (χ1) is 19.3. The highest BCUT2D eigenvalue weighted by atomic mass is 35.5. The van der Waals surface area contributed by atoms with E-state index in [1.54, 1.807) is 12.1 Å². The van der Waals surface area contributed by atoms with Crippen LogP contribution in [0.3, 0.4) is 0 Å². The number of carbonyl (C=O) groups excluding carboxylic acids is 1. The number of rotatable bonds is 10. The summed E-state index contributed by atoms with van der Waals surface area (Å²) in [7, 11) is 0. The molecule has 1 aliphatic rings. The van der Waals surface area contributed by atoms with Crippen LogP contribution in [0.25, 0.3) is 11.3 Å². The highest BCUT2D eigenvalue weighted by Gasteiger charge is 2.43. The summed E-state index contributed by atoms with van der Waals surface area (Å²) in [6.45, 7) is 9.74. The fourth-order valence-corrected chi connectivity index (χ4v) is 5.16.